The molecule has 1 aromatic carbocycles. The van der Waals surface area contributed by atoms with Crippen molar-refractivity contribution in [2.75, 3.05) is 5.32 Å². The van der Waals surface area contributed by atoms with Crippen molar-refractivity contribution in [3.05, 3.63) is 23.3 Å². The van der Waals surface area contributed by atoms with E-state index in [9.17, 15) is 14.7 Å². The van der Waals surface area contributed by atoms with Crippen molar-refractivity contribution in [1.82, 2.24) is 0 Å². The molecular weight excluding hydrogens is 234 g/mol. The summed E-state index contributed by atoms with van der Waals surface area (Å²) >= 11 is 0. The Bertz CT molecular complexity index is 486. The molecule has 0 fully saturated rings. The van der Waals surface area contributed by atoms with Crippen LogP contribution in [0, 0.1) is 13.8 Å². The number of hydrogen-bond acceptors (Lipinski definition) is 4. The molecule has 0 saturated heterocycles. The molecule has 98 valence electrons. The number of benzene rings is 1. The molecule has 0 aliphatic rings. The molecule has 18 heavy (non-hydrogen) atoms. The van der Waals surface area contributed by atoms with Crippen LogP contribution in [0.15, 0.2) is 12.1 Å². The van der Waals surface area contributed by atoms with Crippen LogP contribution in [0.1, 0.15) is 17.5 Å². The fourth-order valence-corrected chi connectivity index (χ4v) is 1.59. The van der Waals surface area contributed by atoms with E-state index in [2.05, 4.69) is 5.32 Å². The molecule has 6 N–H and O–H groups in total. The molecule has 0 bridgehead atoms. The Balaban J connectivity index is 2.85. The standard InChI is InChI=1S/C12H17N3O3/c1-6-3-7(2)11(17)9(4-6)15-12(18)8(13)5-10(14)16/h3-4,8,17H,5,13H2,1-2H3,(H2,14,16)(H,15,18). The van der Waals surface area contributed by atoms with Crippen molar-refractivity contribution in [2.45, 2.75) is 26.3 Å². The SMILES string of the molecule is Cc1cc(C)c(O)c(NC(=O)C(N)CC(N)=O)c1. The first-order chi connectivity index (χ1) is 8.31. The van der Waals surface area contributed by atoms with Crippen LogP contribution in [0.2, 0.25) is 0 Å². The van der Waals surface area contributed by atoms with E-state index in [1.54, 1.807) is 19.1 Å². The van der Waals surface area contributed by atoms with Gasteiger partial charge in [-0.3, -0.25) is 9.59 Å². The summed E-state index contributed by atoms with van der Waals surface area (Å²) in [5.41, 5.74) is 12.3. The lowest BCUT2D eigenvalue weighted by molar-refractivity contribution is -0.123. The molecule has 6 nitrogen and oxygen atoms in total. The number of nitrogens with two attached hydrogens (primary N) is 2. The third-order valence-corrected chi connectivity index (χ3v) is 2.46. The Labute approximate surface area is 105 Å². The lowest BCUT2D eigenvalue weighted by atomic mass is 10.1. The molecule has 0 radical (unpaired) electrons. The van der Waals surface area contributed by atoms with Crippen LogP contribution in [0.3, 0.4) is 0 Å². The molecule has 0 aliphatic heterocycles. The van der Waals surface area contributed by atoms with Crippen molar-refractivity contribution in [3.63, 3.8) is 0 Å². The third kappa shape index (κ3) is 3.46. The highest BCUT2D eigenvalue weighted by Crippen LogP contribution is 2.28. The minimum Gasteiger partial charge on any atom is -0.505 e. The highest BCUT2D eigenvalue weighted by molar-refractivity contribution is 5.98. The van der Waals surface area contributed by atoms with Gasteiger partial charge in [0.25, 0.3) is 0 Å². The second-order valence-electron chi connectivity index (χ2n) is 4.24. The molecule has 2 amide bonds. The first-order valence-corrected chi connectivity index (χ1v) is 5.46. The summed E-state index contributed by atoms with van der Waals surface area (Å²) in [6.45, 7) is 3.56. The van der Waals surface area contributed by atoms with E-state index >= 15 is 0 Å². The molecule has 0 saturated carbocycles. The number of hydrogen-bond donors (Lipinski definition) is 4. The van der Waals surface area contributed by atoms with Crippen molar-refractivity contribution in [2.24, 2.45) is 11.5 Å². The van der Waals surface area contributed by atoms with Crippen LogP contribution in [-0.4, -0.2) is 23.0 Å². The zero-order valence-corrected chi connectivity index (χ0v) is 10.4. The number of carbonyl (C=O) groups is 2. The molecule has 1 unspecified atom stereocenters. The van der Waals surface area contributed by atoms with Gasteiger partial charge in [0.1, 0.15) is 5.75 Å². The number of nitrogens with one attached hydrogen (secondary N) is 1. The van der Waals surface area contributed by atoms with Gasteiger partial charge in [0.15, 0.2) is 0 Å². The zero-order chi connectivity index (χ0) is 13.9. The molecule has 1 atom stereocenters. The number of anilines is 1. The second-order valence-corrected chi connectivity index (χ2v) is 4.24. The van der Waals surface area contributed by atoms with Crippen molar-refractivity contribution in [3.8, 4) is 5.75 Å². The van der Waals surface area contributed by atoms with Gasteiger partial charge in [0.05, 0.1) is 18.2 Å². The summed E-state index contributed by atoms with van der Waals surface area (Å²) in [6.07, 6.45) is -0.239. The number of carbonyl (C=O) groups excluding carboxylic acids is 2. The van der Waals surface area contributed by atoms with Gasteiger partial charge in [0.2, 0.25) is 11.8 Å². The maximum Gasteiger partial charge on any atom is 0.241 e. The second kappa shape index (κ2) is 5.50. The summed E-state index contributed by atoms with van der Waals surface area (Å²) in [4.78, 5) is 22.3. The molecule has 6 heteroatoms. The lowest BCUT2D eigenvalue weighted by Gasteiger charge is -2.13. The summed E-state index contributed by atoms with van der Waals surface area (Å²) in [6, 6.07) is 2.38. The van der Waals surface area contributed by atoms with Crippen LogP contribution in [0.4, 0.5) is 5.69 Å². The predicted octanol–water partition coefficient (Wildman–Crippen LogP) is 0.150. The molecule has 0 spiro atoms. The molecule has 1 rings (SSSR count). The first kappa shape index (κ1) is 14.0. The fraction of sp³-hybridized carbons (Fsp3) is 0.333. The van der Waals surface area contributed by atoms with E-state index in [-0.39, 0.29) is 17.9 Å². The van der Waals surface area contributed by atoms with Gasteiger partial charge in [0, 0.05) is 0 Å². The van der Waals surface area contributed by atoms with Gasteiger partial charge in [-0.05, 0) is 31.0 Å². The minimum atomic E-state index is -1.03. The van der Waals surface area contributed by atoms with E-state index in [4.69, 9.17) is 11.5 Å². The number of rotatable bonds is 4. The number of primary amides is 1. The number of phenolic OH excluding ortho intramolecular Hbond substituents is 1. The minimum absolute atomic E-state index is 0.0137. The van der Waals surface area contributed by atoms with Crippen LogP contribution >= 0.6 is 0 Å². The van der Waals surface area contributed by atoms with Gasteiger partial charge >= 0.3 is 0 Å². The number of aryl methyl sites for hydroxylation is 2. The summed E-state index contributed by atoms with van der Waals surface area (Å²) in [7, 11) is 0. The maximum absolute atomic E-state index is 11.7. The first-order valence-electron chi connectivity index (χ1n) is 5.46. The quantitative estimate of drug-likeness (QED) is 0.569. The average Bonchev–Trinajstić information content (AvgIpc) is 2.24. The maximum atomic E-state index is 11.7. The average molecular weight is 251 g/mol. The van der Waals surface area contributed by atoms with E-state index < -0.39 is 17.9 Å². The highest BCUT2D eigenvalue weighted by Gasteiger charge is 2.17. The van der Waals surface area contributed by atoms with E-state index in [0.717, 1.165) is 5.56 Å². The van der Waals surface area contributed by atoms with Gasteiger partial charge in [-0.25, -0.2) is 0 Å². The monoisotopic (exact) mass is 251 g/mol. The van der Waals surface area contributed by atoms with Crippen molar-refractivity contribution >= 4 is 17.5 Å². The van der Waals surface area contributed by atoms with Crippen LogP contribution in [-0.2, 0) is 9.59 Å². The Hall–Kier alpha value is -2.08. The zero-order valence-electron chi connectivity index (χ0n) is 10.4. The van der Waals surface area contributed by atoms with E-state index in [1.807, 2.05) is 6.92 Å². The van der Waals surface area contributed by atoms with E-state index in [0.29, 0.717) is 5.56 Å². The van der Waals surface area contributed by atoms with E-state index in [1.165, 1.54) is 0 Å². The highest BCUT2D eigenvalue weighted by atomic mass is 16.3. The molecule has 0 aromatic heterocycles. The smallest absolute Gasteiger partial charge is 0.241 e. The predicted molar refractivity (Wildman–Crippen MR) is 68.0 cm³/mol. The topological polar surface area (TPSA) is 118 Å². The molecule has 0 heterocycles. The van der Waals surface area contributed by atoms with Gasteiger partial charge in [-0.2, -0.15) is 0 Å². The molecule has 1 aromatic rings. The Kier molecular flexibility index (Phi) is 4.28. The summed E-state index contributed by atoms with van der Waals surface area (Å²) < 4.78 is 0. The van der Waals surface area contributed by atoms with Gasteiger partial charge in [-0.15, -0.1) is 0 Å². The third-order valence-electron chi connectivity index (χ3n) is 2.46. The molecule has 0 aliphatic carbocycles. The summed E-state index contributed by atoms with van der Waals surface area (Å²) in [5.74, 6) is -1.23. The normalized spacial score (nSPS) is 11.9. The van der Waals surface area contributed by atoms with Crippen LogP contribution in [0.25, 0.3) is 0 Å². The Morgan fingerprint density at radius 3 is 2.56 bits per heavy atom. The Morgan fingerprint density at radius 2 is 2.00 bits per heavy atom. The number of aromatic hydroxyl groups is 1. The van der Waals surface area contributed by atoms with Crippen molar-refractivity contribution < 1.29 is 14.7 Å². The van der Waals surface area contributed by atoms with Crippen LogP contribution < -0.4 is 16.8 Å². The fourth-order valence-electron chi connectivity index (χ4n) is 1.59. The molecular formula is C12H17N3O3. The van der Waals surface area contributed by atoms with Gasteiger partial charge in [-0.1, -0.05) is 6.07 Å². The van der Waals surface area contributed by atoms with Gasteiger partial charge < -0.3 is 21.9 Å². The van der Waals surface area contributed by atoms with Crippen molar-refractivity contribution in [1.29, 1.82) is 0 Å². The largest absolute Gasteiger partial charge is 0.505 e. The van der Waals surface area contributed by atoms with Crippen LogP contribution in [0.5, 0.6) is 5.75 Å². The summed E-state index contributed by atoms with van der Waals surface area (Å²) in [5, 5.41) is 12.3. The lowest BCUT2D eigenvalue weighted by Crippen LogP contribution is -2.39. The Morgan fingerprint density at radius 1 is 1.39 bits per heavy atom. The number of phenols is 1. The number of amides is 2.